The highest BCUT2D eigenvalue weighted by Crippen LogP contribution is 2.49. The Kier molecular flexibility index (Phi) is 4.84. The molecule has 28 heavy (non-hydrogen) atoms. The smallest absolute Gasteiger partial charge is 0.251 e. The zero-order valence-electron chi connectivity index (χ0n) is 16.6. The molecule has 5 heteroatoms. The third kappa shape index (κ3) is 3.26. The molecule has 4 rings (SSSR count). The van der Waals surface area contributed by atoms with Crippen LogP contribution in [0.15, 0.2) is 48.5 Å². The Bertz CT molecular complexity index is 889. The SMILES string of the molecule is CNC(=O)c1ccc(NC2c3ccccc3N(C(C)=O)C(C3CC3)[C@@H]2C)cc1. The van der Waals surface area contributed by atoms with E-state index in [1.165, 1.54) is 12.8 Å². The van der Waals surface area contributed by atoms with Gasteiger partial charge < -0.3 is 15.5 Å². The molecule has 1 aliphatic carbocycles. The molecule has 146 valence electrons. The second-order valence-electron chi connectivity index (χ2n) is 7.91. The summed E-state index contributed by atoms with van der Waals surface area (Å²) >= 11 is 0. The molecule has 1 saturated carbocycles. The summed E-state index contributed by atoms with van der Waals surface area (Å²) in [6, 6.07) is 16.1. The lowest BCUT2D eigenvalue weighted by atomic mass is 9.80. The average Bonchev–Trinajstić information content (AvgIpc) is 3.54. The van der Waals surface area contributed by atoms with Gasteiger partial charge in [0, 0.05) is 42.9 Å². The van der Waals surface area contributed by atoms with Crippen LogP contribution in [0.4, 0.5) is 11.4 Å². The highest BCUT2D eigenvalue weighted by molar-refractivity contribution is 5.95. The van der Waals surface area contributed by atoms with E-state index in [4.69, 9.17) is 0 Å². The van der Waals surface area contributed by atoms with Gasteiger partial charge in [-0.3, -0.25) is 9.59 Å². The van der Waals surface area contributed by atoms with Gasteiger partial charge in [-0.15, -0.1) is 0 Å². The minimum atomic E-state index is -0.0890. The first-order valence-corrected chi connectivity index (χ1v) is 9.98. The third-order valence-corrected chi connectivity index (χ3v) is 6.03. The van der Waals surface area contributed by atoms with Gasteiger partial charge >= 0.3 is 0 Å². The van der Waals surface area contributed by atoms with Crippen LogP contribution in [0.2, 0.25) is 0 Å². The highest BCUT2D eigenvalue weighted by Gasteiger charge is 2.47. The Labute approximate surface area is 166 Å². The van der Waals surface area contributed by atoms with Gasteiger partial charge in [0.2, 0.25) is 5.91 Å². The summed E-state index contributed by atoms with van der Waals surface area (Å²) in [5.74, 6) is 0.885. The monoisotopic (exact) mass is 377 g/mol. The van der Waals surface area contributed by atoms with Crippen molar-refractivity contribution in [3.63, 3.8) is 0 Å². The standard InChI is InChI=1S/C23H27N3O2/c1-14-21(25-18-12-10-17(11-13-18)23(28)24-3)19-6-4-5-7-20(19)26(15(2)27)22(14)16-8-9-16/h4-7,10-14,16,21-22,25H,8-9H2,1-3H3,(H,24,28)/t14-,21?,22?/m1/s1. The molecule has 0 bridgehead atoms. The molecular weight excluding hydrogens is 350 g/mol. The van der Waals surface area contributed by atoms with E-state index in [0.717, 1.165) is 16.9 Å². The van der Waals surface area contributed by atoms with Crippen LogP contribution < -0.4 is 15.5 Å². The minimum Gasteiger partial charge on any atom is -0.378 e. The van der Waals surface area contributed by atoms with Crippen molar-refractivity contribution in [1.29, 1.82) is 0 Å². The fourth-order valence-corrected chi connectivity index (χ4v) is 4.55. The first kappa shape index (κ1) is 18.5. The number of rotatable bonds is 4. The molecule has 1 heterocycles. The summed E-state index contributed by atoms with van der Waals surface area (Å²) in [4.78, 5) is 26.3. The second kappa shape index (κ2) is 7.30. The number of para-hydroxylation sites is 1. The molecule has 2 amide bonds. The number of fused-ring (bicyclic) bond motifs is 1. The predicted molar refractivity (Wildman–Crippen MR) is 111 cm³/mol. The van der Waals surface area contributed by atoms with Crippen LogP contribution in [-0.4, -0.2) is 24.9 Å². The molecule has 2 aliphatic rings. The Morgan fingerprint density at radius 2 is 1.71 bits per heavy atom. The van der Waals surface area contributed by atoms with E-state index in [0.29, 0.717) is 11.5 Å². The van der Waals surface area contributed by atoms with Crippen molar-refractivity contribution in [2.75, 3.05) is 17.3 Å². The maximum Gasteiger partial charge on any atom is 0.251 e. The van der Waals surface area contributed by atoms with Crippen LogP contribution in [0.1, 0.15) is 48.7 Å². The molecule has 5 nitrogen and oxygen atoms in total. The molecule has 0 aromatic heterocycles. The van der Waals surface area contributed by atoms with Crippen molar-refractivity contribution in [2.45, 2.75) is 38.8 Å². The van der Waals surface area contributed by atoms with Gasteiger partial charge in [-0.1, -0.05) is 25.1 Å². The van der Waals surface area contributed by atoms with Gasteiger partial charge in [0.15, 0.2) is 0 Å². The van der Waals surface area contributed by atoms with Crippen molar-refractivity contribution in [3.05, 3.63) is 59.7 Å². The Morgan fingerprint density at radius 3 is 2.32 bits per heavy atom. The number of carbonyl (C=O) groups is 2. The van der Waals surface area contributed by atoms with E-state index in [2.05, 4.69) is 29.7 Å². The van der Waals surface area contributed by atoms with Crippen molar-refractivity contribution < 1.29 is 9.59 Å². The molecule has 2 aromatic carbocycles. The van der Waals surface area contributed by atoms with Gasteiger partial charge in [-0.2, -0.15) is 0 Å². The lowest BCUT2D eigenvalue weighted by molar-refractivity contribution is -0.117. The molecule has 0 radical (unpaired) electrons. The fraction of sp³-hybridized carbons (Fsp3) is 0.391. The maximum absolute atomic E-state index is 12.5. The van der Waals surface area contributed by atoms with Gasteiger partial charge in [-0.25, -0.2) is 0 Å². The van der Waals surface area contributed by atoms with Gasteiger partial charge in [0.1, 0.15) is 0 Å². The second-order valence-corrected chi connectivity index (χ2v) is 7.91. The largest absolute Gasteiger partial charge is 0.378 e. The van der Waals surface area contributed by atoms with E-state index >= 15 is 0 Å². The van der Waals surface area contributed by atoms with Gasteiger partial charge in [0.25, 0.3) is 5.91 Å². The first-order valence-electron chi connectivity index (χ1n) is 9.98. The topological polar surface area (TPSA) is 61.4 Å². The molecule has 2 unspecified atom stereocenters. The lowest BCUT2D eigenvalue weighted by Crippen LogP contribution is -2.51. The van der Waals surface area contributed by atoms with E-state index in [1.807, 2.05) is 41.3 Å². The number of amides is 2. The molecule has 1 aliphatic heterocycles. The summed E-state index contributed by atoms with van der Waals surface area (Å²) in [6.07, 6.45) is 2.38. The zero-order chi connectivity index (χ0) is 19.8. The van der Waals surface area contributed by atoms with Crippen molar-refractivity contribution in [2.24, 2.45) is 11.8 Å². The number of hydrogen-bond donors (Lipinski definition) is 2. The van der Waals surface area contributed by atoms with Crippen LogP contribution in [0.5, 0.6) is 0 Å². The van der Waals surface area contributed by atoms with Crippen LogP contribution >= 0.6 is 0 Å². The summed E-state index contributed by atoms with van der Waals surface area (Å²) in [7, 11) is 1.63. The number of nitrogens with zero attached hydrogens (tertiary/aromatic N) is 1. The zero-order valence-corrected chi connectivity index (χ0v) is 16.6. The normalized spacial score (nSPS) is 23.7. The Balaban J connectivity index is 1.68. The van der Waals surface area contributed by atoms with Crippen LogP contribution in [0.3, 0.4) is 0 Å². The Morgan fingerprint density at radius 1 is 1.04 bits per heavy atom. The number of anilines is 2. The quantitative estimate of drug-likeness (QED) is 0.847. The van der Waals surface area contributed by atoms with Gasteiger partial charge in [0.05, 0.1) is 6.04 Å². The predicted octanol–water partition coefficient (Wildman–Crippen LogP) is 3.98. The summed E-state index contributed by atoms with van der Waals surface area (Å²) in [5.41, 5.74) is 3.79. The number of carbonyl (C=O) groups excluding carboxylic acids is 2. The van der Waals surface area contributed by atoms with E-state index in [1.54, 1.807) is 14.0 Å². The molecule has 0 saturated heterocycles. The van der Waals surface area contributed by atoms with Crippen molar-refractivity contribution >= 4 is 23.2 Å². The summed E-state index contributed by atoms with van der Waals surface area (Å²) in [5, 5.41) is 6.32. The van der Waals surface area contributed by atoms with Crippen molar-refractivity contribution in [3.8, 4) is 0 Å². The third-order valence-electron chi connectivity index (χ3n) is 6.03. The minimum absolute atomic E-state index is 0.0890. The first-order chi connectivity index (χ1) is 13.5. The number of nitrogens with one attached hydrogen (secondary N) is 2. The van der Waals surface area contributed by atoms with E-state index in [-0.39, 0.29) is 29.8 Å². The maximum atomic E-state index is 12.5. The van der Waals surface area contributed by atoms with Gasteiger partial charge in [-0.05, 0) is 54.7 Å². The fourth-order valence-electron chi connectivity index (χ4n) is 4.55. The molecule has 0 spiro atoms. The lowest BCUT2D eigenvalue weighted by Gasteiger charge is -2.46. The average molecular weight is 377 g/mol. The van der Waals surface area contributed by atoms with Crippen LogP contribution in [0, 0.1) is 11.8 Å². The Hall–Kier alpha value is -2.82. The summed E-state index contributed by atoms with van der Waals surface area (Å²) < 4.78 is 0. The number of benzene rings is 2. The molecule has 2 aromatic rings. The molecule has 1 fully saturated rings. The number of hydrogen-bond acceptors (Lipinski definition) is 3. The molecular formula is C23H27N3O2. The molecule has 3 atom stereocenters. The van der Waals surface area contributed by atoms with Crippen molar-refractivity contribution in [1.82, 2.24) is 5.32 Å². The van der Waals surface area contributed by atoms with Crippen LogP contribution in [0.25, 0.3) is 0 Å². The van der Waals surface area contributed by atoms with E-state index in [9.17, 15) is 9.59 Å². The van der Waals surface area contributed by atoms with Crippen LogP contribution in [-0.2, 0) is 4.79 Å². The molecule has 2 N–H and O–H groups in total. The van der Waals surface area contributed by atoms with E-state index < -0.39 is 0 Å². The highest BCUT2D eigenvalue weighted by atomic mass is 16.2. The summed E-state index contributed by atoms with van der Waals surface area (Å²) in [6.45, 7) is 3.91.